The van der Waals surface area contributed by atoms with Gasteiger partial charge in [0.1, 0.15) is 0 Å². The van der Waals surface area contributed by atoms with Gasteiger partial charge in [0.25, 0.3) is 0 Å². The topological polar surface area (TPSA) is 40.1 Å². The molecule has 1 N–H and O–H groups in total. The smallest absolute Gasteiger partial charge is 0.194 e. The van der Waals surface area contributed by atoms with Crippen molar-refractivity contribution in [2.24, 2.45) is 4.99 Å². The van der Waals surface area contributed by atoms with Crippen LogP contribution in [0, 0.1) is 0 Å². The lowest BCUT2D eigenvalue weighted by atomic mass is 10.1. The van der Waals surface area contributed by atoms with Crippen LogP contribution >= 0.6 is 0 Å². The Balaban J connectivity index is 1.69. The van der Waals surface area contributed by atoms with E-state index in [9.17, 15) is 0 Å². The van der Waals surface area contributed by atoms with Crippen molar-refractivity contribution in [2.75, 3.05) is 32.7 Å². The number of morpholine rings is 1. The average Bonchev–Trinajstić information content (AvgIpc) is 3.13. The fraction of sp³-hybridized carbons (Fsp3) is 0.667. The molecule has 0 amide bonds. The Kier molecular flexibility index (Phi) is 6.92. The van der Waals surface area contributed by atoms with Crippen LogP contribution in [0.1, 0.15) is 44.7 Å². The first-order chi connectivity index (χ1) is 12.7. The first-order valence-electron chi connectivity index (χ1n) is 10.1. The SMILES string of the molecule is CCNC(=NCc1ccccc1CN1CC(C)OC(C)C1)N1CCCC1. The summed E-state index contributed by atoms with van der Waals surface area (Å²) in [4.78, 5) is 9.83. The fourth-order valence-electron chi connectivity index (χ4n) is 4.04. The van der Waals surface area contributed by atoms with E-state index in [0.29, 0.717) is 12.2 Å². The van der Waals surface area contributed by atoms with E-state index in [2.05, 4.69) is 60.2 Å². The van der Waals surface area contributed by atoms with E-state index in [1.807, 2.05) is 0 Å². The average molecular weight is 359 g/mol. The van der Waals surface area contributed by atoms with E-state index in [0.717, 1.165) is 51.8 Å². The van der Waals surface area contributed by atoms with Crippen molar-refractivity contribution in [3.8, 4) is 0 Å². The van der Waals surface area contributed by atoms with Crippen molar-refractivity contribution in [2.45, 2.75) is 58.9 Å². The zero-order valence-electron chi connectivity index (χ0n) is 16.6. The Morgan fingerprint density at radius 3 is 2.42 bits per heavy atom. The molecular formula is C21H34N4O. The highest BCUT2D eigenvalue weighted by Gasteiger charge is 2.22. The molecule has 2 atom stereocenters. The van der Waals surface area contributed by atoms with Gasteiger partial charge in [0.2, 0.25) is 0 Å². The second-order valence-electron chi connectivity index (χ2n) is 7.58. The molecule has 0 aliphatic carbocycles. The Morgan fingerprint density at radius 2 is 1.77 bits per heavy atom. The van der Waals surface area contributed by atoms with E-state index < -0.39 is 0 Å². The van der Waals surface area contributed by atoms with Crippen LogP contribution in [0.2, 0.25) is 0 Å². The van der Waals surface area contributed by atoms with Crippen molar-refractivity contribution in [1.29, 1.82) is 0 Å². The summed E-state index contributed by atoms with van der Waals surface area (Å²) in [6, 6.07) is 8.74. The molecule has 2 aliphatic rings. The van der Waals surface area contributed by atoms with Gasteiger partial charge in [0.15, 0.2) is 5.96 Å². The molecule has 26 heavy (non-hydrogen) atoms. The number of ether oxygens (including phenoxy) is 1. The minimum absolute atomic E-state index is 0.305. The van der Waals surface area contributed by atoms with Crippen LogP contribution in [0.3, 0.4) is 0 Å². The molecule has 1 aromatic carbocycles. The monoisotopic (exact) mass is 358 g/mol. The summed E-state index contributed by atoms with van der Waals surface area (Å²) in [6.45, 7) is 13.3. The summed E-state index contributed by atoms with van der Waals surface area (Å²) in [7, 11) is 0. The number of nitrogens with one attached hydrogen (secondary N) is 1. The van der Waals surface area contributed by atoms with E-state index in [4.69, 9.17) is 9.73 Å². The third-order valence-electron chi connectivity index (χ3n) is 5.15. The molecule has 0 radical (unpaired) electrons. The van der Waals surface area contributed by atoms with Gasteiger partial charge in [0, 0.05) is 39.3 Å². The Hall–Kier alpha value is -1.59. The fourth-order valence-corrected chi connectivity index (χ4v) is 4.04. The van der Waals surface area contributed by atoms with Crippen LogP contribution in [0.25, 0.3) is 0 Å². The summed E-state index contributed by atoms with van der Waals surface area (Å²) in [5.74, 6) is 1.06. The van der Waals surface area contributed by atoms with Gasteiger partial charge in [0.05, 0.1) is 18.8 Å². The van der Waals surface area contributed by atoms with Crippen molar-refractivity contribution < 1.29 is 4.74 Å². The maximum Gasteiger partial charge on any atom is 0.194 e. The predicted molar refractivity (Wildman–Crippen MR) is 107 cm³/mol. The largest absolute Gasteiger partial charge is 0.373 e. The number of benzene rings is 1. The van der Waals surface area contributed by atoms with Crippen LogP contribution in [0.5, 0.6) is 0 Å². The van der Waals surface area contributed by atoms with Crippen molar-refractivity contribution >= 4 is 5.96 Å². The minimum atomic E-state index is 0.305. The van der Waals surface area contributed by atoms with Gasteiger partial charge in [-0.05, 0) is 44.7 Å². The van der Waals surface area contributed by atoms with Gasteiger partial charge in [-0.2, -0.15) is 0 Å². The molecule has 5 nitrogen and oxygen atoms in total. The molecule has 0 bridgehead atoms. The Bertz CT molecular complexity index is 587. The van der Waals surface area contributed by atoms with Gasteiger partial charge in [-0.3, -0.25) is 4.90 Å². The van der Waals surface area contributed by atoms with Gasteiger partial charge < -0.3 is 15.0 Å². The normalized spacial score (nSPS) is 24.9. The third kappa shape index (κ3) is 5.21. The molecule has 0 saturated carbocycles. The predicted octanol–water partition coefficient (Wildman–Crippen LogP) is 2.86. The maximum absolute atomic E-state index is 5.87. The van der Waals surface area contributed by atoms with E-state index in [-0.39, 0.29) is 0 Å². The zero-order chi connectivity index (χ0) is 18.4. The quantitative estimate of drug-likeness (QED) is 0.649. The first-order valence-corrected chi connectivity index (χ1v) is 10.1. The molecule has 3 rings (SSSR count). The molecule has 2 saturated heterocycles. The molecule has 0 spiro atoms. The lowest BCUT2D eigenvalue weighted by molar-refractivity contribution is -0.0705. The Labute approximate surface area is 158 Å². The van der Waals surface area contributed by atoms with Crippen molar-refractivity contribution in [3.05, 3.63) is 35.4 Å². The van der Waals surface area contributed by atoms with Crippen LogP contribution < -0.4 is 5.32 Å². The van der Waals surface area contributed by atoms with Gasteiger partial charge in [-0.1, -0.05) is 24.3 Å². The zero-order valence-corrected chi connectivity index (χ0v) is 16.6. The van der Waals surface area contributed by atoms with E-state index in [1.165, 1.54) is 24.0 Å². The number of hydrogen-bond donors (Lipinski definition) is 1. The maximum atomic E-state index is 5.87. The molecule has 144 valence electrons. The highest BCUT2D eigenvalue weighted by Crippen LogP contribution is 2.18. The summed E-state index contributed by atoms with van der Waals surface area (Å²) in [5, 5.41) is 3.46. The first kappa shape index (κ1) is 19.2. The number of rotatable bonds is 5. The molecule has 5 heteroatoms. The summed E-state index contributed by atoms with van der Waals surface area (Å²) in [6.07, 6.45) is 3.15. The molecule has 1 aromatic rings. The van der Waals surface area contributed by atoms with Gasteiger partial charge >= 0.3 is 0 Å². The molecule has 2 fully saturated rings. The lowest BCUT2D eigenvalue weighted by Crippen LogP contribution is -2.44. The van der Waals surface area contributed by atoms with Gasteiger partial charge in [-0.25, -0.2) is 4.99 Å². The second-order valence-corrected chi connectivity index (χ2v) is 7.58. The molecule has 2 heterocycles. The second kappa shape index (κ2) is 9.38. The summed E-state index contributed by atoms with van der Waals surface area (Å²) in [5.41, 5.74) is 2.71. The number of guanidine groups is 1. The molecular weight excluding hydrogens is 324 g/mol. The standard InChI is InChI=1S/C21H34N4O/c1-4-22-21(25-11-7-8-12-25)23-13-19-9-5-6-10-20(19)16-24-14-17(2)26-18(3)15-24/h5-6,9-10,17-18H,4,7-8,11-16H2,1-3H3,(H,22,23). The molecule has 0 aromatic heterocycles. The summed E-state index contributed by atoms with van der Waals surface area (Å²) >= 11 is 0. The molecule has 2 unspecified atom stereocenters. The van der Waals surface area contributed by atoms with E-state index >= 15 is 0 Å². The summed E-state index contributed by atoms with van der Waals surface area (Å²) < 4.78 is 5.87. The van der Waals surface area contributed by atoms with Crippen molar-refractivity contribution in [1.82, 2.24) is 15.1 Å². The number of aliphatic imine (C=N–C) groups is 1. The minimum Gasteiger partial charge on any atom is -0.373 e. The highest BCUT2D eigenvalue weighted by atomic mass is 16.5. The Morgan fingerprint density at radius 1 is 1.12 bits per heavy atom. The third-order valence-corrected chi connectivity index (χ3v) is 5.15. The number of hydrogen-bond acceptors (Lipinski definition) is 3. The van der Waals surface area contributed by atoms with E-state index in [1.54, 1.807) is 0 Å². The number of nitrogens with zero attached hydrogens (tertiary/aromatic N) is 3. The highest BCUT2D eigenvalue weighted by molar-refractivity contribution is 5.80. The molecule has 2 aliphatic heterocycles. The van der Waals surface area contributed by atoms with Crippen LogP contribution in [-0.4, -0.2) is 60.7 Å². The van der Waals surface area contributed by atoms with Gasteiger partial charge in [-0.15, -0.1) is 0 Å². The van der Waals surface area contributed by atoms with Crippen LogP contribution in [-0.2, 0) is 17.8 Å². The van der Waals surface area contributed by atoms with Crippen LogP contribution in [0.15, 0.2) is 29.3 Å². The lowest BCUT2D eigenvalue weighted by Gasteiger charge is -2.35. The number of likely N-dealkylation sites (tertiary alicyclic amines) is 1. The van der Waals surface area contributed by atoms with Crippen molar-refractivity contribution in [3.63, 3.8) is 0 Å². The van der Waals surface area contributed by atoms with Crippen LogP contribution in [0.4, 0.5) is 0 Å².